The maximum Gasteiger partial charge on any atom is 0.222 e. The number of rotatable bonds is 5. The predicted molar refractivity (Wildman–Crippen MR) is 111 cm³/mol. The van der Waals surface area contributed by atoms with Gasteiger partial charge in [-0.2, -0.15) is 0 Å². The summed E-state index contributed by atoms with van der Waals surface area (Å²) in [5.74, 6) is 2.93. The molecule has 148 valence electrons. The van der Waals surface area contributed by atoms with Crippen molar-refractivity contribution >= 4 is 11.7 Å². The highest BCUT2D eigenvalue weighted by molar-refractivity contribution is 5.76. The minimum absolute atomic E-state index is 0.320. The molecule has 2 saturated heterocycles. The van der Waals surface area contributed by atoms with Crippen LogP contribution in [0.25, 0.3) is 0 Å². The van der Waals surface area contributed by atoms with Crippen molar-refractivity contribution in [3.63, 3.8) is 0 Å². The second-order valence-corrected chi connectivity index (χ2v) is 8.10. The number of hydrogen-bond acceptors (Lipinski definition) is 4. The fraction of sp³-hybridized carbons (Fsp3) is 0.522. The third-order valence-electron chi connectivity index (χ3n) is 6.46. The van der Waals surface area contributed by atoms with Crippen LogP contribution in [-0.4, -0.2) is 47.0 Å². The van der Waals surface area contributed by atoms with Gasteiger partial charge in [-0.15, -0.1) is 0 Å². The Bertz CT molecular complexity index is 736. The molecule has 2 aromatic rings. The van der Waals surface area contributed by atoms with E-state index in [1.165, 1.54) is 18.4 Å². The van der Waals surface area contributed by atoms with Crippen LogP contribution in [0.1, 0.15) is 37.7 Å². The van der Waals surface area contributed by atoms with Gasteiger partial charge in [0, 0.05) is 38.8 Å². The van der Waals surface area contributed by atoms with Crippen LogP contribution in [0.3, 0.4) is 0 Å². The lowest BCUT2D eigenvalue weighted by molar-refractivity contribution is -0.132. The summed E-state index contributed by atoms with van der Waals surface area (Å²) >= 11 is 0. The lowest BCUT2D eigenvalue weighted by Crippen LogP contribution is -2.43. The number of anilines is 1. The van der Waals surface area contributed by atoms with Gasteiger partial charge in [0.05, 0.1) is 0 Å². The lowest BCUT2D eigenvalue weighted by Gasteiger charge is -2.40. The molecule has 1 aromatic heterocycles. The molecule has 0 unspecified atom stereocenters. The molecule has 1 amide bonds. The minimum atomic E-state index is 0.320. The molecule has 0 radical (unpaired) electrons. The minimum Gasteiger partial charge on any atom is -0.357 e. The zero-order valence-corrected chi connectivity index (χ0v) is 16.5. The van der Waals surface area contributed by atoms with E-state index in [0.717, 1.165) is 63.1 Å². The van der Waals surface area contributed by atoms with Crippen molar-refractivity contribution in [3.8, 4) is 0 Å². The van der Waals surface area contributed by atoms with E-state index in [4.69, 9.17) is 0 Å². The van der Waals surface area contributed by atoms with Gasteiger partial charge in [-0.3, -0.25) is 4.79 Å². The maximum absolute atomic E-state index is 12.6. The van der Waals surface area contributed by atoms with Crippen LogP contribution in [0, 0.1) is 11.8 Å². The maximum atomic E-state index is 12.6. The van der Waals surface area contributed by atoms with Gasteiger partial charge < -0.3 is 9.80 Å². The molecule has 2 aliphatic heterocycles. The Hall–Kier alpha value is -2.43. The Morgan fingerprint density at radius 2 is 1.61 bits per heavy atom. The molecule has 3 heterocycles. The van der Waals surface area contributed by atoms with Crippen LogP contribution < -0.4 is 4.90 Å². The van der Waals surface area contributed by atoms with E-state index < -0.39 is 0 Å². The SMILES string of the molecule is O=C(CCc1ccccc1)N1CCC(C2CCN(c3ccncn3)CC2)CC1. The normalized spacial score (nSPS) is 19.0. The summed E-state index contributed by atoms with van der Waals surface area (Å²) in [4.78, 5) is 25.4. The molecule has 28 heavy (non-hydrogen) atoms. The molecule has 0 N–H and O–H groups in total. The van der Waals surface area contributed by atoms with Gasteiger partial charge in [-0.1, -0.05) is 30.3 Å². The van der Waals surface area contributed by atoms with Crippen molar-refractivity contribution in [1.29, 1.82) is 0 Å². The highest BCUT2D eigenvalue weighted by atomic mass is 16.2. The third kappa shape index (κ3) is 4.70. The molecule has 5 heteroatoms. The van der Waals surface area contributed by atoms with Crippen LogP contribution in [0.5, 0.6) is 0 Å². The van der Waals surface area contributed by atoms with E-state index in [0.29, 0.717) is 12.3 Å². The molecule has 0 bridgehead atoms. The monoisotopic (exact) mass is 378 g/mol. The van der Waals surface area contributed by atoms with Gasteiger partial charge in [0.25, 0.3) is 0 Å². The summed E-state index contributed by atoms with van der Waals surface area (Å²) in [5, 5.41) is 0. The van der Waals surface area contributed by atoms with Gasteiger partial charge in [0.2, 0.25) is 5.91 Å². The Morgan fingerprint density at radius 3 is 2.25 bits per heavy atom. The first-order valence-electron chi connectivity index (χ1n) is 10.6. The lowest BCUT2D eigenvalue weighted by atomic mass is 9.78. The zero-order chi connectivity index (χ0) is 19.2. The molecule has 1 aromatic carbocycles. The highest BCUT2D eigenvalue weighted by Crippen LogP contribution is 2.33. The predicted octanol–water partition coefficient (Wildman–Crippen LogP) is 3.56. The van der Waals surface area contributed by atoms with Gasteiger partial charge in [-0.25, -0.2) is 9.97 Å². The first-order valence-corrected chi connectivity index (χ1v) is 10.6. The van der Waals surface area contributed by atoms with Crippen molar-refractivity contribution in [2.75, 3.05) is 31.1 Å². The number of piperidine rings is 2. The first kappa shape index (κ1) is 18.9. The molecule has 0 spiro atoms. The smallest absolute Gasteiger partial charge is 0.222 e. The number of aromatic nitrogens is 2. The van der Waals surface area contributed by atoms with Crippen molar-refractivity contribution in [3.05, 3.63) is 54.5 Å². The fourth-order valence-corrected chi connectivity index (χ4v) is 4.75. The quantitative estimate of drug-likeness (QED) is 0.798. The Morgan fingerprint density at radius 1 is 0.929 bits per heavy atom. The number of aryl methyl sites for hydroxylation is 1. The van der Waals surface area contributed by atoms with E-state index >= 15 is 0 Å². The molecule has 2 fully saturated rings. The van der Waals surface area contributed by atoms with E-state index in [2.05, 4.69) is 31.9 Å². The number of carbonyl (C=O) groups excluding carboxylic acids is 1. The molecule has 0 atom stereocenters. The molecular formula is C23H30N4O. The topological polar surface area (TPSA) is 49.3 Å². The summed E-state index contributed by atoms with van der Waals surface area (Å²) in [6.45, 7) is 4.03. The molecule has 0 saturated carbocycles. The van der Waals surface area contributed by atoms with Gasteiger partial charge in [0.1, 0.15) is 12.1 Å². The fourth-order valence-electron chi connectivity index (χ4n) is 4.75. The number of likely N-dealkylation sites (tertiary alicyclic amines) is 1. The van der Waals surface area contributed by atoms with E-state index in [9.17, 15) is 4.79 Å². The largest absolute Gasteiger partial charge is 0.357 e. The van der Waals surface area contributed by atoms with E-state index in [1.54, 1.807) is 6.33 Å². The van der Waals surface area contributed by atoms with Crippen LogP contribution in [-0.2, 0) is 11.2 Å². The number of hydrogen-bond donors (Lipinski definition) is 0. The number of benzene rings is 1. The summed E-state index contributed by atoms with van der Waals surface area (Å²) in [6, 6.07) is 12.3. The highest BCUT2D eigenvalue weighted by Gasteiger charge is 2.31. The average Bonchev–Trinajstić information content (AvgIpc) is 2.79. The summed E-state index contributed by atoms with van der Waals surface area (Å²) in [5.41, 5.74) is 1.25. The molecule has 0 aliphatic carbocycles. The van der Waals surface area contributed by atoms with Crippen molar-refractivity contribution in [1.82, 2.24) is 14.9 Å². The standard InChI is InChI=1S/C23H30N4O/c28-23(7-6-19-4-2-1-3-5-19)27-16-11-21(12-17-27)20-9-14-26(15-10-20)22-8-13-24-18-25-22/h1-5,8,13,18,20-21H,6-7,9-12,14-17H2. The van der Waals surface area contributed by atoms with Gasteiger partial charge >= 0.3 is 0 Å². The van der Waals surface area contributed by atoms with Gasteiger partial charge in [-0.05, 0) is 55.6 Å². The summed E-state index contributed by atoms with van der Waals surface area (Å²) in [7, 11) is 0. The van der Waals surface area contributed by atoms with Crippen molar-refractivity contribution in [2.24, 2.45) is 11.8 Å². The molecule has 4 rings (SSSR count). The Kier molecular flexibility index (Phi) is 6.20. The van der Waals surface area contributed by atoms with Crippen LogP contribution >= 0.6 is 0 Å². The van der Waals surface area contributed by atoms with E-state index in [1.807, 2.05) is 30.5 Å². The molecule has 5 nitrogen and oxygen atoms in total. The second kappa shape index (κ2) is 9.18. The Balaban J connectivity index is 1.20. The number of nitrogens with zero attached hydrogens (tertiary/aromatic N) is 4. The second-order valence-electron chi connectivity index (χ2n) is 8.10. The first-order chi connectivity index (χ1) is 13.8. The van der Waals surface area contributed by atoms with Crippen molar-refractivity contribution < 1.29 is 4.79 Å². The molecule has 2 aliphatic rings. The van der Waals surface area contributed by atoms with Crippen LogP contribution in [0.4, 0.5) is 5.82 Å². The van der Waals surface area contributed by atoms with E-state index in [-0.39, 0.29) is 0 Å². The molecular weight excluding hydrogens is 348 g/mol. The summed E-state index contributed by atoms with van der Waals surface area (Å²) in [6.07, 6.45) is 9.72. The number of amides is 1. The van der Waals surface area contributed by atoms with Gasteiger partial charge in [0.15, 0.2) is 0 Å². The zero-order valence-electron chi connectivity index (χ0n) is 16.5. The van der Waals surface area contributed by atoms with Crippen LogP contribution in [0.15, 0.2) is 48.9 Å². The van der Waals surface area contributed by atoms with Crippen molar-refractivity contribution in [2.45, 2.75) is 38.5 Å². The number of carbonyl (C=O) groups is 1. The summed E-state index contributed by atoms with van der Waals surface area (Å²) < 4.78 is 0. The average molecular weight is 379 g/mol. The Labute approximate surface area is 167 Å². The van der Waals surface area contributed by atoms with Crippen LogP contribution in [0.2, 0.25) is 0 Å². The third-order valence-corrected chi connectivity index (χ3v) is 6.46.